The number of pyridine rings is 1. The first-order valence-electron chi connectivity index (χ1n) is 7.11. The number of aromatic nitrogens is 1. The molecule has 3 nitrogen and oxygen atoms in total. The largest absolute Gasteiger partial charge is 0.380 e. The van der Waals surface area contributed by atoms with E-state index in [4.69, 9.17) is 4.74 Å². The van der Waals surface area contributed by atoms with Gasteiger partial charge in [-0.15, -0.1) is 0 Å². The van der Waals surface area contributed by atoms with Crippen LogP contribution in [0.4, 0.5) is 0 Å². The first-order valence-corrected chi connectivity index (χ1v) is 7.11. The first kappa shape index (κ1) is 13.5. The Labute approximate surface area is 110 Å². The van der Waals surface area contributed by atoms with Crippen LogP contribution < -0.4 is 0 Å². The fourth-order valence-electron chi connectivity index (χ4n) is 2.66. The molecule has 100 valence electrons. The fraction of sp³-hybridized carbons (Fsp3) is 0.667. The van der Waals surface area contributed by atoms with Gasteiger partial charge in [-0.05, 0) is 57.3 Å². The average Bonchev–Trinajstić information content (AvgIpc) is 2.85. The summed E-state index contributed by atoms with van der Waals surface area (Å²) >= 11 is 0. The summed E-state index contributed by atoms with van der Waals surface area (Å²) in [6.45, 7) is 6.24. The van der Waals surface area contributed by atoms with Crippen LogP contribution in [0.3, 0.4) is 0 Å². The molecule has 18 heavy (non-hydrogen) atoms. The first-order chi connectivity index (χ1) is 8.90. The van der Waals surface area contributed by atoms with Crippen molar-refractivity contribution in [3.63, 3.8) is 0 Å². The van der Waals surface area contributed by atoms with Gasteiger partial charge in [0.2, 0.25) is 0 Å². The summed E-state index contributed by atoms with van der Waals surface area (Å²) in [5.74, 6) is 0. The zero-order valence-electron chi connectivity index (χ0n) is 11.3. The van der Waals surface area contributed by atoms with E-state index in [0.717, 1.165) is 19.6 Å². The minimum atomic E-state index is 0.652. The van der Waals surface area contributed by atoms with Crippen molar-refractivity contribution in [2.45, 2.75) is 38.6 Å². The molecule has 1 aromatic rings. The van der Waals surface area contributed by atoms with Crippen molar-refractivity contribution in [2.24, 2.45) is 0 Å². The summed E-state index contributed by atoms with van der Waals surface area (Å²) in [5, 5.41) is 0. The zero-order chi connectivity index (χ0) is 12.6. The van der Waals surface area contributed by atoms with Gasteiger partial charge in [-0.25, -0.2) is 0 Å². The Bertz CT molecular complexity index is 329. The molecular weight excluding hydrogens is 224 g/mol. The average molecular weight is 248 g/mol. The predicted octanol–water partition coefficient (Wildman–Crippen LogP) is 2.52. The van der Waals surface area contributed by atoms with Gasteiger partial charge < -0.3 is 4.74 Å². The van der Waals surface area contributed by atoms with E-state index < -0.39 is 0 Å². The van der Waals surface area contributed by atoms with Crippen LogP contribution >= 0.6 is 0 Å². The van der Waals surface area contributed by atoms with Crippen LogP contribution in [0, 0.1) is 0 Å². The second kappa shape index (κ2) is 7.49. The molecule has 0 saturated carbocycles. The number of nitrogens with zero attached hydrogens (tertiary/aromatic N) is 2. The Kier molecular flexibility index (Phi) is 5.62. The van der Waals surface area contributed by atoms with Crippen molar-refractivity contribution < 1.29 is 4.74 Å². The van der Waals surface area contributed by atoms with Crippen LogP contribution in [-0.4, -0.2) is 42.2 Å². The third-order valence-electron chi connectivity index (χ3n) is 3.65. The van der Waals surface area contributed by atoms with E-state index >= 15 is 0 Å². The molecule has 1 aliphatic rings. The van der Waals surface area contributed by atoms with E-state index in [0.29, 0.717) is 6.04 Å². The number of likely N-dealkylation sites (tertiary alicyclic amines) is 1. The number of hydrogen-bond acceptors (Lipinski definition) is 3. The van der Waals surface area contributed by atoms with Gasteiger partial charge in [0, 0.05) is 25.0 Å². The summed E-state index contributed by atoms with van der Waals surface area (Å²) in [5.41, 5.74) is 1.35. The molecule has 0 radical (unpaired) electrons. The Hall–Kier alpha value is -0.930. The minimum absolute atomic E-state index is 0.652. The third kappa shape index (κ3) is 4.07. The summed E-state index contributed by atoms with van der Waals surface area (Å²) in [4.78, 5) is 6.75. The van der Waals surface area contributed by atoms with Gasteiger partial charge in [-0.2, -0.15) is 0 Å². The monoisotopic (exact) mass is 248 g/mol. The molecule has 2 rings (SSSR count). The third-order valence-corrected chi connectivity index (χ3v) is 3.65. The van der Waals surface area contributed by atoms with Crippen molar-refractivity contribution in [3.8, 4) is 0 Å². The second-order valence-electron chi connectivity index (χ2n) is 4.96. The highest BCUT2D eigenvalue weighted by molar-refractivity contribution is 5.08. The lowest BCUT2D eigenvalue weighted by molar-refractivity contribution is 0.0848. The van der Waals surface area contributed by atoms with Gasteiger partial charge in [0.1, 0.15) is 0 Å². The molecule has 1 atom stereocenters. The van der Waals surface area contributed by atoms with Gasteiger partial charge >= 0.3 is 0 Å². The van der Waals surface area contributed by atoms with E-state index in [1.807, 2.05) is 18.5 Å². The molecule has 1 saturated heterocycles. The van der Waals surface area contributed by atoms with Crippen molar-refractivity contribution >= 4 is 0 Å². The molecule has 1 unspecified atom stereocenters. The maximum absolute atomic E-state index is 5.56. The molecule has 0 aromatic carbocycles. The summed E-state index contributed by atoms with van der Waals surface area (Å²) < 4.78 is 5.56. The highest BCUT2D eigenvalue weighted by atomic mass is 16.5. The van der Waals surface area contributed by atoms with E-state index in [1.54, 1.807) is 0 Å². The van der Waals surface area contributed by atoms with E-state index in [1.165, 1.54) is 37.9 Å². The quantitative estimate of drug-likeness (QED) is 0.741. The summed E-state index contributed by atoms with van der Waals surface area (Å²) in [7, 11) is 0. The van der Waals surface area contributed by atoms with E-state index in [-0.39, 0.29) is 0 Å². The highest BCUT2D eigenvalue weighted by Crippen LogP contribution is 2.18. The van der Waals surface area contributed by atoms with Crippen molar-refractivity contribution in [2.75, 3.05) is 26.3 Å². The lowest BCUT2D eigenvalue weighted by Crippen LogP contribution is -2.34. The van der Waals surface area contributed by atoms with Gasteiger partial charge in [0.15, 0.2) is 0 Å². The van der Waals surface area contributed by atoms with E-state index in [9.17, 15) is 0 Å². The smallest absolute Gasteiger partial charge is 0.0621 e. The van der Waals surface area contributed by atoms with Crippen LogP contribution in [-0.2, 0) is 11.2 Å². The minimum Gasteiger partial charge on any atom is -0.380 e. The Morgan fingerprint density at radius 1 is 1.50 bits per heavy atom. The number of hydrogen-bond donors (Lipinski definition) is 0. The Balaban J connectivity index is 1.69. The van der Waals surface area contributed by atoms with Crippen molar-refractivity contribution in [1.29, 1.82) is 0 Å². The van der Waals surface area contributed by atoms with Crippen LogP contribution in [0.1, 0.15) is 31.7 Å². The van der Waals surface area contributed by atoms with Crippen LogP contribution in [0.15, 0.2) is 24.5 Å². The lowest BCUT2D eigenvalue weighted by atomic mass is 10.1. The fourth-order valence-corrected chi connectivity index (χ4v) is 2.66. The summed E-state index contributed by atoms with van der Waals surface area (Å²) in [6, 6.07) is 4.83. The zero-order valence-corrected chi connectivity index (χ0v) is 11.3. The molecular formula is C15H24N2O. The molecule has 0 N–H and O–H groups in total. The molecule has 3 heteroatoms. The normalized spacial score (nSPS) is 20.4. The topological polar surface area (TPSA) is 25.4 Å². The van der Waals surface area contributed by atoms with Crippen LogP contribution in [0.25, 0.3) is 0 Å². The number of rotatable bonds is 7. The number of aryl methyl sites for hydroxylation is 1. The van der Waals surface area contributed by atoms with Gasteiger partial charge in [-0.1, -0.05) is 6.07 Å². The van der Waals surface area contributed by atoms with Crippen LogP contribution in [0.5, 0.6) is 0 Å². The second-order valence-corrected chi connectivity index (χ2v) is 4.96. The standard InChI is InChI=1S/C15H24N2O/c1-2-18-13-15-8-5-11-17(15)10-4-7-14-6-3-9-16-12-14/h3,6,9,12,15H,2,4-5,7-8,10-11,13H2,1H3. The van der Waals surface area contributed by atoms with Crippen molar-refractivity contribution in [1.82, 2.24) is 9.88 Å². The molecule has 0 spiro atoms. The lowest BCUT2D eigenvalue weighted by Gasteiger charge is -2.24. The molecule has 1 aliphatic heterocycles. The number of ether oxygens (including phenoxy) is 1. The molecule has 2 heterocycles. The highest BCUT2D eigenvalue weighted by Gasteiger charge is 2.23. The molecule has 1 aromatic heterocycles. The van der Waals surface area contributed by atoms with Crippen LogP contribution in [0.2, 0.25) is 0 Å². The maximum atomic E-state index is 5.56. The van der Waals surface area contributed by atoms with Gasteiger partial charge in [0.05, 0.1) is 6.61 Å². The van der Waals surface area contributed by atoms with Crippen molar-refractivity contribution in [3.05, 3.63) is 30.1 Å². The maximum Gasteiger partial charge on any atom is 0.0621 e. The molecule has 1 fully saturated rings. The predicted molar refractivity (Wildman–Crippen MR) is 73.6 cm³/mol. The van der Waals surface area contributed by atoms with Gasteiger partial charge in [-0.3, -0.25) is 9.88 Å². The summed E-state index contributed by atoms with van der Waals surface area (Å²) in [6.07, 6.45) is 8.78. The van der Waals surface area contributed by atoms with Gasteiger partial charge in [0.25, 0.3) is 0 Å². The molecule has 0 bridgehead atoms. The molecule has 0 aliphatic carbocycles. The SMILES string of the molecule is CCOCC1CCCN1CCCc1cccnc1. The van der Waals surface area contributed by atoms with E-state index in [2.05, 4.69) is 22.9 Å². The molecule has 0 amide bonds. The Morgan fingerprint density at radius 3 is 3.22 bits per heavy atom. The Morgan fingerprint density at radius 2 is 2.44 bits per heavy atom.